The van der Waals surface area contributed by atoms with Gasteiger partial charge in [0.15, 0.2) is 0 Å². The van der Waals surface area contributed by atoms with Gasteiger partial charge in [0.1, 0.15) is 0 Å². The summed E-state index contributed by atoms with van der Waals surface area (Å²) < 4.78 is 1.51. The first-order valence-corrected chi connectivity index (χ1v) is 4.65. The SMILES string of the molecule is NC(=O)n1c2ccc1C1=CC=CNC1=C2. The van der Waals surface area contributed by atoms with Crippen LogP contribution in [0.5, 0.6) is 0 Å². The van der Waals surface area contributed by atoms with E-state index in [1.807, 2.05) is 36.6 Å². The summed E-state index contributed by atoms with van der Waals surface area (Å²) in [6.45, 7) is 0. The van der Waals surface area contributed by atoms with Crippen molar-refractivity contribution in [3.8, 4) is 0 Å². The molecule has 4 nitrogen and oxygen atoms in total. The summed E-state index contributed by atoms with van der Waals surface area (Å²) in [6.07, 6.45) is 7.62. The number of dihydropyridines is 1. The number of hydrogen-bond donors (Lipinski definition) is 2. The Balaban J connectivity index is 2.29. The maximum absolute atomic E-state index is 11.3. The normalized spacial score (nSPS) is 16.3. The smallest absolute Gasteiger partial charge is 0.323 e. The first kappa shape index (κ1) is 8.11. The lowest BCUT2D eigenvalue weighted by molar-refractivity contribution is 0.250. The molecule has 2 aliphatic rings. The lowest BCUT2D eigenvalue weighted by atomic mass is 10.0. The van der Waals surface area contributed by atoms with Crippen LogP contribution in [0, 0.1) is 0 Å². The molecule has 2 bridgehead atoms. The van der Waals surface area contributed by atoms with Gasteiger partial charge in [-0.1, -0.05) is 0 Å². The van der Waals surface area contributed by atoms with Gasteiger partial charge in [-0.15, -0.1) is 0 Å². The minimum absolute atomic E-state index is 0.448. The van der Waals surface area contributed by atoms with Gasteiger partial charge in [0, 0.05) is 17.5 Å². The molecular formula is C11H9N3O. The molecule has 0 radical (unpaired) electrons. The lowest BCUT2D eigenvalue weighted by Gasteiger charge is -2.20. The molecule has 0 aliphatic carbocycles. The van der Waals surface area contributed by atoms with E-state index in [1.54, 1.807) is 0 Å². The van der Waals surface area contributed by atoms with Crippen LogP contribution in [0.4, 0.5) is 4.79 Å². The number of fused-ring (bicyclic) bond motifs is 4. The average molecular weight is 199 g/mol. The number of rotatable bonds is 0. The van der Waals surface area contributed by atoms with Crippen LogP contribution < -0.4 is 11.1 Å². The number of nitrogens with zero attached hydrogens (tertiary/aromatic N) is 1. The molecule has 3 heterocycles. The molecule has 0 fully saturated rings. The molecule has 1 aromatic rings. The van der Waals surface area contributed by atoms with Gasteiger partial charge >= 0.3 is 6.03 Å². The van der Waals surface area contributed by atoms with Crippen LogP contribution in [-0.4, -0.2) is 10.6 Å². The zero-order valence-corrected chi connectivity index (χ0v) is 7.90. The highest BCUT2D eigenvalue weighted by Gasteiger charge is 2.22. The van der Waals surface area contributed by atoms with E-state index in [1.165, 1.54) is 4.57 Å². The van der Waals surface area contributed by atoms with Crippen molar-refractivity contribution in [1.29, 1.82) is 0 Å². The fraction of sp³-hybridized carbons (Fsp3) is 0. The highest BCUT2D eigenvalue weighted by Crippen LogP contribution is 2.32. The minimum atomic E-state index is -0.448. The molecule has 1 aromatic heterocycles. The Bertz CT molecular complexity index is 546. The molecule has 15 heavy (non-hydrogen) atoms. The predicted molar refractivity (Wildman–Crippen MR) is 57.6 cm³/mol. The van der Waals surface area contributed by atoms with Gasteiger partial charge in [-0.05, 0) is 30.4 Å². The van der Waals surface area contributed by atoms with Gasteiger partial charge in [-0.3, -0.25) is 4.57 Å². The van der Waals surface area contributed by atoms with Crippen molar-refractivity contribution < 1.29 is 4.79 Å². The summed E-state index contributed by atoms with van der Waals surface area (Å²) in [6, 6.07) is 3.33. The second-order valence-electron chi connectivity index (χ2n) is 3.46. The zero-order valence-electron chi connectivity index (χ0n) is 7.90. The lowest BCUT2D eigenvalue weighted by Crippen LogP contribution is -2.26. The topological polar surface area (TPSA) is 60.1 Å². The van der Waals surface area contributed by atoms with E-state index < -0.39 is 6.03 Å². The number of primary amides is 1. The van der Waals surface area contributed by atoms with E-state index in [-0.39, 0.29) is 0 Å². The monoisotopic (exact) mass is 199 g/mol. The minimum Gasteiger partial charge on any atom is -0.361 e. The first-order chi connectivity index (χ1) is 7.27. The maximum Gasteiger partial charge on any atom is 0.323 e. The van der Waals surface area contributed by atoms with Gasteiger partial charge in [0.25, 0.3) is 0 Å². The summed E-state index contributed by atoms with van der Waals surface area (Å²) in [4.78, 5) is 11.3. The molecule has 0 saturated carbocycles. The van der Waals surface area contributed by atoms with Crippen molar-refractivity contribution in [1.82, 2.24) is 9.88 Å². The van der Waals surface area contributed by atoms with Crippen LogP contribution in [0.15, 0.2) is 36.2 Å². The third kappa shape index (κ3) is 0.985. The molecule has 0 atom stereocenters. The van der Waals surface area contributed by atoms with Crippen molar-refractivity contribution in [2.24, 2.45) is 5.73 Å². The van der Waals surface area contributed by atoms with E-state index in [0.717, 1.165) is 22.7 Å². The Hall–Kier alpha value is -2.23. The van der Waals surface area contributed by atoms with E-state index in [9.17, 15) is 4.79 Å². The maximum atomic E-state index is 11.3. The van der Waals surface area contributed by atoms with Crippen molar-refractivity contribution in [2.75, 3.05) is 0 Å². The van der Waals surface area contributed by atoms with Crippen LogP contribution in [-0.2, 0) is 0 Å². The number of carbonyl (C=O) groups excluding carboxylic acids is 1. The highest BCUT2D eigenvalue weighted by atomic mass is 16.2. The number of allylic oxidation sites excluding steroid dienone is 3. The third-order valence-corrected chi connectivity index (χ3v) is 2.59. The summed E-state index contributed by atoms with van der Waals surface area (Å²) in [5.74, 6) is 0. The van der Waals surface area contributed by atoms with E-state index in [2.05, 4.69) is 5.32 Å². The highest BCUT2D eigenvalue weighted by molar-refractivity contribution is 5.94. The fourth-order valence-electron chi connectivity index (χ4n) is 1.96. The van der Waals surface area contributed by atoms with E-state index in [4.69, 9.17) is 5.73 Å². The van der Waals surface area contributed by atoms with Crippen molar-refractivity contribution >= 4 is 17.7 Å². The number of carbonyl (C=O) groups is 1. The Kier molecular flexibility index (Phi) is 1.42. The summed E-state index contributed by atoms with van der Waals surface area (Å²) >= 11 is 0. The molecular weight excluding hydrogens is 190 g/mol. The Morgan fingerprint density at radius 3 is 3.07 bits per heavy atom. The number of amides is 1. The fourth-order valence-corrected chi connectivity index (χ4v) is 1.96. The van der Waals surface area contributed by atoms with Crippen LogP contribution in [0.25, 0.3) is 11.6 Å². The molecule has 0 spiro atoms. The van der Waals surface area contributed by atoms with E-state index in [0.29, 0.717) is 0 Å². The van der Waals surface area contributed by atoms with Gasteiger partial charge in [-0.2, -0.15) is 0 Å². The second-order valence-corrected chi connectivity index (χ2v) is 3.46. The summed E-state index contributed by atoms with van der Waals surface area (Å²) in [5, 5.41) is 3.13. The van der Waals surface area contributed by atoms with Crippen LogP contribution in [0.1, 0.15) is 11.4 Å². The average Bonchev–Trinajstić information content (AvgIpc) is 2.55. The molecule has 2 aliphatic heterocycles. The summed E-state index contributed by atoms with van der Waals surface area (Å²) in [7, 11) is 0. The second kappa shape index (κ2) is 2.63. The molecule has 74 valence electrons. The van der Waals surface area contributed by atoms with E-state index >= 15 is 0 Å². The number of nitrogens with one attached hydrogen (secondary N) is 1. The standard InChI is InChI=1S/C11H9N3O/c12-11(15)14-7-3-4-10(14)8-2-1-5-13-9(8)6-7/h1-6,13H,(H2,12,15). The van der Waals surface area contributed by atoms with Crippen molar-refractivity contribution in [2.45, 2.75) is 0 Å². The Morgan fingerprint density at radius 1 is 1.40 bits per heavy atom. The van der Waals surface area contributed by atoms with Crippen molar-refractivity contribution in [3.05, 3.63) is 47.6 Å². The van der Waals surface area contributed by atoms with Gasteiger partial charge in [-0.25, -0.2) is 4.79 Å². The van der Waals surface area contributed by atoms with Crippen molar-refractivity contribution in [3.63, 3.8) is 0 Å². The molecule has 1 amide bonds. The number of nitrogens with two attached hydrogens (primary N) is 1. The molecule has 3 N–H and O–H groups in total. The number of aromatic nitrogens is 1. The van der Waals surface area contributed by atoms with Gasteiger partial charge in [0.05, 0.1) is 11.4 Å². The molecule has 4 heteroatoms. The van der Waals surface area contributed by atoms with Gasteiger partial charge in [0.2, 0.25) is 0 Å². The number of hydrogen-bond acceptors (Lipinski definition) is 2. The van der Waals surface area contributed by atoms with Crippen LogP contribution in [0.3, 0.4) is 0 Å². The van der Waals surface area contributed by atoms with Crippen LogP contribution >= 0.6 is 0 Å². The molecule has 0 unspecified atom stereocenters. The quantitative estimate of drug-likeness (QED) is 0.661. The van der Waals surface area contributed by atoms with Crippen LogP contribution in [0.2, 0.25) is 0 Å². The Labute approximate surface area is 86.4 Å². The molecule has 0 aromatic carbocycles. The van der Waals surface area contributed by atoms with Gasteiger partial charge < -0.3 is 11.1 Å². The molecule has 3 rings (SSSR count). The largest absolute Gasteiger partial charge is 0.361 e. The zero-order chi connectivity index (χ0) is 10.4. The summed E-state index contributed by atoms with van der Waals surface area (Å²) in [5.41, 5.74) is 8.97. The predicted octanol–water partition coefficient (Wildman–Crippen LogP) is 1.27. The molecule has 0 saturated heterocycles. The third-order valence-electron chi connectivity index (χ3n) is 2.59. The first-order valence-electron chi connectivity index (χ1n) is 4.65. The Morgan fingerprint density at radius 2 is 2.27 bits per heavy atom.